The average Bonchev–Trinajstić information content (AvgIpc) is 3.08. The summed E-state index contributed by atoms with van der Waals surface area (Å²) in [6.45, 7) is 6.61. The summed E-state index contributed by atoms with van der Waals surface area (Å²) in [6, 6.07) is 6.25. The van der Waals surface area contributed by atoms with Gasteiger partial charge in [-0.3, -0.25) is 0 Å². The summed E-state index contributed by atoms with van der Waals surface area (Å²) in [6.07, 6.45) is 1.86. The van der Waals surface area contributed by atoms with Gasteiger partial charge in [-0.15, -0.1) is 0 Å². The third kappa shape index (κ3) is 4.86. The smallest absolute Gasteiger partial charge is 0.384 e. The standard InChI is InChI=1S/C18H24ClNO5/c1-17(2,3)25-16(22)18(19,20-11-5-6-12-20)24-14-9-7-13(8-10-14)15(21)23-4/h7-10H,5-6,11-12H2,1-4H3. The Morgan fingerprint density at radius 2 is 1.64 bits per heavy atom. The lowest BCUT2D eigenvalue weighted by Crippen LogP contribution is -2.55. The molecule has 0 saturated carbocycles. The predicted molar refractivity (Wildman–Crippen MR) is 93.6 cm³/mol. The molecule has 0 aromatic heterocycles. The summed E-state index contributed by atoms with van der Waals surface area (Å²) in [5, 5.41) is -1.74. The van der Waals surface area contributed by atoms with Gasteiger partial charge in [0, 0.05) is 13.1 Å². The highest BCUT2D eigenvalue weighted by Gasteiger charge is 2.49. The van der Waals surface area contributed by atoms with Crippen LogP contribution in [0.3, 0.4) is 0 Å². The summed E-state index contributed by atoms with van der Waals surface area (Å²) in [7, 11) is 1.31. The maximum atomic E-state index is 12.7. The SMILES string of the molecule is COC(=O)c1ccc(OC(Cl)(C(=O)OC(C)(C)C)N2CCCC2)cc1. The van der Waals surface area contributed by atoms with Gasteiger partial charge in [0.05, 0.1) is 12.7 Å². The molecule has 0 bridgehead atoms. The zero-order valence-corrected chi connectivity index (χ0v) is 15.8. The van der Waals surface area contributed by atoms with Crippen LogP contribution < -0.4 is 4.74 Å². The zero-order chi connectivity index (χ0) is 18.7. The van der Waals surface area contributed by atoms with Crippen LogP contribution in [0, 0.1) is 0 Å². The van der Waals surface area contributed by atoms with Gasteiger partial charge in [-0.1, -0.05) is 0 Å². The quantitative estimate of drug-likeness (QED) is 0.451. The minimum Gasteiger partial charge on any atom is -0.465 e. The number of benzene rings is 1. The number of carbonyl (C=O) groups excluding carboxylic acids is 2. The summed E-state index contributed by atoms with van der Waals surface area (Å²) in [5.41, 5.74) is -0.303. The molecule has 1 aromatic carbocycles. The predicted octanol–water partition coefficient (Wildman–Crippen LogP) is 3.18. The Labute approximate surface area is 153 Å². The molecule has 1 aliphatic heterocycles. The van der Waals surface area contributed by atoms with E-state index in [1.165, 1.54) is 7.11 Å². The maximum Gasteiger partial charge on any atom is 0.384 e. The molecular weight excluding hydrogens is 346 g/mol. The second kappa shape index (κ2) is 7.62. The van der Waals surface area contributed by atoms with E-state index < -0.39 is 22.7 Å². The van der Waals surface area contributed by atoms with Crippen LogP contribution in [0.4, 0.5) is 0 Å². The Hall–Kier alpha value is -1.79. The van der Waals surface area contributed by atoms with Crippen molar-refractivity contribution in [1.82, 2.24) is 4.90 Å². The van der Waals surface area contributed by atoms with E-state index in [0.717, 1.165) is 12.8 Å². The third-order valence-electron chi connectivity index (χ3n) is 3.69. The second-order valence-corrected chi connectivity index (χ2v) is 7.39. The van der Waals surface area contributed by atoms with Gasteiger partial charge in [0.15, 0.2) is 0 Å². The van der Waals surface area contributed by atoms with Gasteiger partial charge in [0.25, 0.3) is 0 Å². The first-order valence-corrected chi connectivity index (χ1v) is 8.58. The van der Waals surface area contributed by atoms with E-state index in [9.17, 15) is 9.59 Å². The third-order valence-corrected chi connectivity index (χ3v) is 4.16. The van der Waals surface area contributed by atoms with Gasteiger partial charge in [-0.2, -0.15) is 0 Å². The molecule has 0 N–H and O–H groups in total. The first kappa shape index (κ1) is 19.5. The van der Waals surface area contributed by atoms with E-state index in [2.05, 4.69) is 4.74 Å². The number of hydrogen-bond acceptors (Lipinski definition) is 6. The van der Waals surface area contributed by atoms with Crippen LogP contribution >= 0.6 is 11.6 Å². The Morgan fingerprint density at radius 3 is 2.12 bits per heavy atom. The zero-order valence-electron chi connectivity index (χ0n) is 15.0. The second-order valence-electron chi connectivity index (χ2n) is 6.88. The highest BCUT2D eigenvalue weighted by molar-refractivity contribution is 6.32. The number of nitrogens with zero attached hydrogens (tertiary/aromatic N) is 1. The monoisotopic (exact) mass is 369 g/mol. The van der Waals surface area contributed by atoms with E-state index >= 15 is 0 Å². The highest BCUT2D eigenvalue weighted by atomic mass is 35.5. The van der Waals surface area contributed by atoms with Crippen LogP contribution in [0.25, 0.3) is 0 Å². The van der Waals surface area contributed by atoms with Crippen molar-refractivity contribution < 1.29 is 23.8 Å². The first-order valence-electron chi connectivity index (χ1n) is 8.20. The van der Waals surface area contributed by atoms with Crippen molar-refractivity contribution in [3.8, 4) is 5.75 Å². The molecule has 1 atom stereocenters. The van der Waals surface area contributed by atoms with E-state index in [1.807, 2.05) is 0 Å². The minimum absolute atomic E-state index is 0.361. The van der Waals surface area contributed by atoms with Crippen LogP contribution in [0.15, 0.2) is 24.3 Å². The normalized spacial score (nSPS) is 17.6. The van der Waals surface area contributed by atoms with Crippen molar-refractivity contribution in [2.24, 2.45) is 0 Å². The lowest BCUT2D eigenvalue weighted by atomic mass is 10.2. The van der Waals surface area contributed by atoms with Crippen LogP contribution in [0.1, 0.15) is 44.0 Å². The Bertz CT molecular complexity index is 619. The maximum absolute atomic E-state index is 12.7. The molecule has 0 amide bonds. The molecule has 0 aliphatic carbocycles. The van der Waals surface area contributed by atoms with Gasteiger partial charge in [-0.25, -0.2) is 14.5 Å². The molecule has 7 heteroatoms. The van der Waals surface area contributed by atoms with Gasteiger partial charge >= 0.3 is 17.1 Å². The van der Waals surface area contributed by atoms with Gasteiger partial charge < -0.3 is 14.2 Å². The molecule has 1 aliphatic rings. The summed E-state index contributed by atoms with van der Waals surface area (Å²) >= 11 is 6.60. The van der Waals surface area contributed by atoms with Crippen LogP contribution in [0.5, 0.6) is 5.75 Å². The molecule has 1 saturated heterocycles. The average molecular weight is 370 g/mol. The topological polar surface area (TPSA) is 65.1 Å². The van der Waals surface area contributed by atoms with Crippen molar-refractivity contribution in [3.05, 3.63) is 29.8 Å². The molecule has 0 radical (unpaired) electrons. The Morgan fingerprint density at radius 1 is 1.08 bits per heavy atom. The fraction of sp³-hybridized carbons (Fsp3) is 0.556. The minimum atomic E-state index is -1.74. The van der Waals surface area contributed by atoms with Crippen molar-refractivity contribution in [1.29, 1.82) is 0 Å². The summed E-state index contributed by atoms with van der Waals surface area (Å²) in [5.74, 6) is -0.739. The molecule has 25 heavy (non-hydrogen) atoms. The highest BCUT2D eigenvalue weighted by Crippen LogP contribution is 2.32. The number of methoxy groups -OCH3 is 1. The lowest BCUT2D eigenvalue weighted by molar-refractivity contribution is -0.178. The molecule has 1 aromatic rings. The summed E-state index contributed by atoms with van der Waals surface area (Å²) < 4.78 is 15.9. The number of ether oxygens (including phenoxy) is 3. The molecule has 6 nitrogen and oxygen atoms in total. The number of likely N-dealkylation sites (tertiary alicyclic amines) is 1. The van der Waals surface area contributed by atoms with Crippen molar-refractivity contribution in [2.75, 3.05) is 20.2 Å². The van der Waals surface area contributed by atoms with E-state index in [1.54, 1.807) is 49.9 Å². The molecule has 0 spiro atoms. The number of hydrogen-bond donors (Lipinski definition) is 0. The lowest BCUT2D eigenvalue weighted by Gasteiger charge is -2.35. The molecular formula is C18H24ClNO5. The largest absolute Gasteiger partial charge is 0.465 e. The van der Waals surface area contributed by atoms with Crippen molar-refractivity contribution in [2.45, 2.75) is 44.4 Å². The fourth-order valence-corrected chi connectivity index (χ4v) is 2.81. The number of carbonyl (C=O) groups is 2. The van der Waals surface area contributed by atoms with E-state index in [-0.39, 0.29) is 0 Å². The van der Waals surface area contributed by atoms with E-state index in [0.29, 0.717) is 24.4 Å². The van der Waals surface area contributed by atoms with Crippen LogP contribution in [0.2, 0.25) is 0 Å². The summed E-state index contributed by atoms with van der Waals surface area (Å²) in [4.78, 5) is 26.0. The van der Waals surface area contributed by atoms with Gasteiger partial charge in [0.1, 0.15) is 11.4 Å². The number of esters is 2. The Balaban J connectivity index is 2.23. The van der Waals surface area contributed by atoms with E-state index in [4.69, 9.17) is 21.1 Å². The number of alkyl halides is 1. The van der Waals surface area contributed by atoms with Crippen LogP contribution in [-0.2, 0) is 14.3 Å². The molecule has 1 unspecified atom stereocenters. The molecule has 1 heterocycles. The number of rotatable bonds is 5. The molecule has 1 fully saturated rings. The van der Waals surface area contributed by atoms with Gasteiger partial charge in [-0.05, 0) is 69.5 Å². The Kier molecular flexibility index (Phi) is 5.95. The fourth-order valence-electron chi connectivity index (χ4n) is 2.51. The number of halogens is 1. The van der Waals surface area contributed by atoms with Crippen molar-refractivity contribution in [3.63, 3.8) is 0 Å². The molecule has 138 valence electrons. The molecule has 2 rings (SSSR count). The first-order chi connectivity index (χ1) is 11.7. The van der Waals surface area contributed by atoms with Gasteiger partial charge in [0.2, 0.25) is 0 Å². The van der Waals surface area contributed by atoms with Crippen molar-refractivity contribution >= 4 is 23.5 Å². The van der Waals surface area contributed by atoms with Crippen LogP contribution in [-0.4, -0.2) is 47.8 Å².